The van der Waals surface area contributed by atoms with E-state index in [0.29, 0.717) is 18.8 Å². The molecule has 0 atom stereocenters. The molecule has 0 aliphatic carbocycles. The predicted octanol–water partition coefficient (Wildman–Crippen LogP) is 4.20. The summed E-state index contributed by atoms with van der Waals surface area (Å²) < 4.78 is 13.1. The maximum atomic E-state index is 13.1. The van der Waals surface area contributed by atoms with Gasteiger partial charge in [0.2, 0.25) is 5.91 Å². The number of carbonyl (C=O) groups excluding carboxylic acids is 1. The van der Waals surface area contributed by atoms with Crippen LogP contribution >= 0.6 is 23.1 Å². The van der Waals surface area contributed by atoms with Crippen LogP contribution in [0.15, 0.2) is 29.3 Å². The molecule has 2 aromatic heterocycles. The van der Waals surface area contributed by atoms with E-state index in [-0.39, 0.29) is 11.7 Å². The fraction of sp³-hybridized carbons (Fsp3) is 0.381. The van der Waals surface area contributed by atoms with Gasteiger partial charge in [-0.15, -0.1) is 11.3 Å². The molecule has 29 heavy (non-hydrogen) atoms. The number of halogens is 1. The first-order chi connectivity index (χ1) is 13.9. The highest BCUT2D eigenvalue weighted by Gasteiger charge is 2.22. The first-order valence-electron chi connectivity index (χ1n) is 9.58. The molecule has 8 heteroatoms. The summed E-state index contributed by atoms with van der Waals surface area (Å²) in [6.45, 7) is 8.93. The fourth-order valence-corrected chi connectivity index (χ4v) is 5.68. The highest BCUT2D eigenvalue weighted by molar-refractivity contribution is 8.00. The fourth-order valence-electron chi connectivity index (χ4n) is 3.51. The Balaban J connectivity index is 1.39. The van der Waals surface area contributed by atoms with Crippen molar-refractivity contribution < 1.29 is 9.18 Å². The average molecular weight is 431 g/mol. The maximum Gasteiger partial charge on any atom is 0.233 e. The predicted molar refractivity (Wildman–Crippen MR) is 118 cm³/mol. The molecular weight excluding hydrogens is 407 g/mol. The lowest BCUT2D eigenvalue weighted by Gasteiger charge is -2.36. The smallest absolute Gasteiger partial charge is 0.233 e. The molecule has 1 aromatic carbocycles. The standard InChI is InChI=1S/C21H23FN4OS2/c1-13-14(2)29-21-19(13)20(23-15(3)24-21)28-12-18(27)26-10-8-25(9-11-26)17-6-4-16(22)5-7-17/h4-7H,8-12H2,1-3H3. The minimum absolute atomic E-state index is 0.128. The van der Waals surface area contributed by atoms with E-state index in [9.17, 15) is 9.18 Å². The summed E-state index contributed by atoms with van der Waals surface area (Å²) in [7, 11) is 0. The second-order valence-corrected chi connectivity index (χ2v) is 9.34. The van der Waals surface area contributed by atoms with E-state index in [0.717, 1.165) is 39.8 Å². The van der Waals surface area contributed by atoms with E-state index in [4.69, 9.17) is 0 Å². The summed E-state index contributed by atoms with van der Waals surface area (Å²) in [5, 5.41) is 1.98. The van der Waals surface area contributed by atoms with E-state index < -0.39 is 0 Å². The molecular formula is C21H23FN4OS2. The Morgan fingerprint density at radius 3 is 2.48 bits per heavy atom. The van der Waals surface area contributed by atoms with E-state index in [1.807, 2.05) is 11.8 Å². The van der Waals surface area contributed by atoms with Gasteiger partial charge in [0.1, 0.15) is 21.5 Å². The largest absolute Gasteiger partial charge is 0.368 e. The minimum atomic E-state index is -0.232. The van der Waals surface area contributed by atoms with Crippen molar-refractivity contribution in [3.63, 3.8) is 0 Å². The summed E-state index contributed by atoms with van der Waals surface area (Å²) >= 11 is 3.18. The number of benzene rings is 1. The molecule has 0 saturated carbocycles. The van der Waals surface area contributed by atoms with Gasteiger partial charge in [-0.1, -0.05) is 11.8 Å². The normalized spacial score (nSPS) is 14.6. The van der Waals surface area contributed by atoms with Gasteiger partial charge in [0.15, 0.2) is 0 Å². The zero-order valence-corrected chi connectivity index (χ0v) is 18.4. The van der Waals surface area contributed by atoms with Crippen molar-refractivity contribution in [1.29, 1.82) is 0 Å². The lowest BCUT2D eigenvalue weighted by atomic mass is 10.2. The van der Waals surface area contributed by atoms with Crippen molar-refractivity contribution in [2.24, 2.45) is 0 Å². The van der Waals surface area contributed by atoms with E-state index in [1.165, 1.54) is 34.3 Å². The SMILES string of the molecule is Cc1nc(SCC(=O)N2CCN(c3ccc(F)cc3)CC2)c2c(C)c(C)sc2n1. The molecule has 0 bridgehead atoms. The monoisotopic (exact) mass is 430 g/mol. The van der Waals surface area contributed by atoms with Gasteiger partial charge >= 0.3 is 0 Å². The van der Waals surface area contributed by atoms with Gasteiger partial charge in [-0.2, -0.15) is 0 Å². The lowest BCUT2D eigenvalue weighted by molar-refractivity contribution is -0.128. The average Bonchev–Trinajstić information content (AvgIpc) is 3.00. The highest BCUT2D eigenvalue weighted by Crippen LogP contribution is 2.35. The summed E-state index contributed by atoms with van der Waals surface area (Å²) in [6.07, 6.45) is 0. The van der Waals surface area contributed by atoms with Crippen LogP contribution in [0.3, 0.4) is 0 Å². The van der Waals surface area contributed by atoms with Gasteiger partial charge in [-0.3, -0.25) is 4.79 Å². The number of thiophene rings is 1. The number of thioether (sulfide) groups is 1. The number of piperazine rings is 1. The van der Waals surface area contributed by atoms with Crippen LogP contribution < -0.4 is 4.90 Å². The number of rotatable bonds is 4. The molecule has 4 rings (SSSR count). The minimum Gasteiger partial charge on any atom is -0.368 e. The van der Waals surface area contributed by atoms with Gasteiger partial charge in [0, 0.05) is 42.1 Å². The quantitative estimate of drug-likeness (QED) is 0.459. The summed E-state index contributed by atoms with van der Waals surface area (Å²) in [5.74, 6) is 1.00. The second kappa shape index (κ2) is 8.28. The van der Waals surface area contributed by atoms with Crippen LogP contribution in [-0.4, -0.2) is 52.7 Å². The van der Waals surface area contributed by atoms with Gasteiger partial charge < -0.3 is 9.80 Å². The topological polar surface area (TPSA) is 49.3 Å². The molecule has 3 aromatic rings. The van der Waals surface area contributed by atoms with Crippen LogP contribution in [0.4, 0.5) is 10.1 Å². The van der Waals surface area contributed by atoms with Crippen LogP contribution in [0.25, 0.3) is 10.2 Å². The van der Waals surface area contributed by atoms with Crippen molar-refractivity contribution in [2.45, 2.75) is 25.8 Å². The van der Waals surface area contributed by atoms with Crippen molar-refractivity contribution in [3.8, 4) is 0 Å². The Morgan fingerprint density at radius 1 is 1.10 bits per heavy atom. The Bertz CT molecular complexity index is 1040. The zero-order chi connectivity index (χ0) is 20.5. The molecule has 152 valence electrons. The van der Waals surface area contributed by atoms with Gasteiger partial charge in [-0.25, -0.2) is 14.4 Å². The van der Waals surface area contributed by atoms with Crippen LogP contribution in [-0.2, 0) is 4.79 Å². The molecule has 3 heterocycles. The molecule has 1 amide bonds. The first kappa shape index (κ1) is 20.1. The summed E-state index contributed by atoms with van der Waals surface area (Å²) in [5.41, 5.74) is 2.20. The Morgan fingerprint density at radius 2 is 1.79 bits per heavy atom. The number of hydrogen-bond acceptors (Lipinski definition) is 6. The molecule has 1 aliphatic rings. The number of fused-ring (bicyclic) bond motifs is 1. The van der Waals surface area contributed by atoms with Gasteiger partial charge in [0.25, 0.3) is 0 Å². The second-order valence-electron chi connectivity index (χ2n) is 7.17. The van der Waals surface area contributed by atoms with Crippen molar-refractivity contribution in [1.82, 2.24) is 14.9 Å². The lowest BCUT2D eigenvalue weighted by Crippen LogP contribution is -2.49. The molecule has 0 N–H and O–H groups in total. The van der Waals surface area contributed by atoms with Gasteiger partial charge in [-0.05, 0) is 50.6 Å². The third-order valence-electron chi connectivity index (χ3n) is 5.26. The summed E-state index contributed by atoms with van der Waals surface area (Å²) in [4.78, 5) is 28.2. The first-order valence-corrected chi connectivity index (χ1v) is 11.4. The number of carbonyl (C=O) groups is 1. The Labute approximate surface area is 177 Å². The molecule has 0 radical (unpaired) electrons. The van der Waals surface area contributed by atoms with Gasteiger partial charge in [0.05, 0.1) is 5.75 Å². The van der Waals surface area contributed by atoms with Crippen molar-refractivity contribution in [3.05, 3.63) is 46.3 Å². The zero-order valence-electron chi connectivity index (χ0n) is 16.7. The molecule has 0 unspecified atom stereocenters. The van der Waals surface area contributed by atoms with E-state index >= 15 is 0 Å². The molecule has 0 spiro atoms. The molecule has 1 fully saturated rings. The number of amides is 1. The number of aryl methyl sites for hydroxylation is 3. The Kier molecular flexibility index (Phi) is 5.74. The van der Waals surface area contributed by atoms with Crippen LogP contribution in [0, 0.1) is 26.6 Å². The van der Waals surface area contributed by atoms with Crippen molar-refractivity contribution in [2.75, 3.05) is 36.8 Å². The van der Waals surface area contributed by atoms with Crippen LogP contribution in [0.2, 0.25) is 0 Å². The van der Waals surface area contributed by atoms with E-state index in [1.54, 1.807) is 23.5 Å². The molecule has 5 nitrogen and oxygen atoms in total. The maximum absolute atomic E-state index is 13.1. The van der Waals surface area contributed by atoms with E-state index in [2.05, 4.69) is 28.7 Å². The molecule has 1 saturated heterocycles. The highest BCUT2D eigenvalue weighted by atomic mass is 32.2. The number of nitrogens with zero attached hydrogens (tertiary/aromatic N) is 4. The summed E-state index contributed by atoms with van der Waals surface area (Å²) in [6, 6.07) is 6.53. The third-order valence-corrected chi connectivity index (χ3v) is 7.33. The van der Waals surface area contributed by atoms with Crippen LogP contribution in [0.5, 0.6) is 0 Å². The number of aromatic nitrogens is 2. The third kappa shape index (κ3) is 4.23. The molecule has 1 aliphatic heterocycles. The van der Waals surface area contributed by atoms with Crippen molar-refractivity contribution >= 4 is 44.9 Å². The van der Waals surface area contributed by atoms with Crippen LogP contribution in [0.1, 0.15) is 16.3 Å². The Hall–Kier alpha value is -2.19. The number of anilines is 1. The number of hydrogen-bond donors (Lipinski definition) is 0.